The predicted molar refractivity (Wildman–Crippen MR) is 140 cm³/mol. The standard InChI is InChI=1S/C24H32F2N8O2S/c1-2-37(35,36)34-11-9-33(10-12-34)21-4-3-17(14-30-21)19-13-20-22(29-8-7-28-20)23(32-19)31-16-18-15-27-6-5-24(18,25)26/h3-4,7-8,13-14,18,20,27,31-32H,2,5-6,9-12,15-16H2,1H3. The van der Waals surface area contributed by atoms with Crippen LogP contribution in [0.2, 0.25) is 0 Å². The third-order valence-corrected chi connectivity index (χ3v) is 9.06. The highest BCUT2D eigenvalue weighted by Crippen LogP contribution is 2.31. The molecule has 0 bridgehead atoms. The van der Waals surface area contributed by atoms with Crippen LogP contribution in [0.1, 0.15) is 18.9 Å². The van der Waals surface area contributed by atoms with E-state index in [2.05, 4.69) is 35.8 Å². The first-order valence-electron chi connectivity index (χ1n) is 12.6. The van der Waals surface area contributed by atoms with Crippen molar-refractivity contribution in [3.63, 3.8) is 0 Å². The Kier molecular flexibility index (Phi) is 7.28. The van der Waals surface area contributed by atoms with Crippen LogP contribution in [0.15, 0.2) is 45.9 Å². The molecule has 1 aromatic heterocycles. The minimum absolute atomic E-state index is 0.0992. The average molecular weight is 535 g/mol. The Morgan fingerprint density at radius 3 is 2.70 bits per heavy atom. The molecule has 1 aromatic rings. The average Bonchev–Trinajstić information content (AvgIpc) is 2.92. The molecular weight excluding hydrogens is 502 g/mol. The maximum absolute atomic E-state index is 14.4. The van der Waals surface area contributed by atoms with Gasteiger partial charge < -0.3 is 20.9 Å². The summed E-state index contributed by atoms with van der Waals surface area (Å²) in [6.07, 6.45) is 6.74. The van der Waals surface area contributed by atoms with Gasteiger partial charge in [-0.2, -0.15) is 4.31 Å². The van der Waals surface area contributed by atoms with Gasteiger partial charge in [0.15, 0.2) is 0 Å². The van der Waals surface area contributed by atoms with E-state index in [0.29, 0.717) is 44.2 Å². The second-order valence-electron chi connectivity index (χ2n) is 9.47. The first-order valence-corrected chi connectivity index (χ1v) is 14.2. The molecule has 0 aromatic carbocycles. The highest BCUT2D eigenvalue weighted by molar-refractivity contribution is 7.89. The highest BCUT2D eigenvalue weighted by Gasteiger charge is 2.41. The van der Waals surface area contributed by atoms with Crippen LogP contribution in [0.5, 0.6) is 0 Å². The molecule has 0 aliphatic carbocycles. The Balaban J connectivity index is 1.27. The summed E-state index contributed by atoms with van der Waals surface area (Å²) in [5.41, 5.74) is 2.24. The summed E-state index contributed by atoms with van der Waals surface area (Å²) >= 11 is 0. The van der Waals surface area contributed by atoms with Gasteiger partial charge in [-0.1, -0.05) is 0 Å². The third-order valence-electron chi connectivity index (χ3n) is 7.18. The smallest absolute Gasteiger partial charge is 0.255 e. The van der Waals surface area contributed by atoms with Gasteiger partial charge in [0.05, 0.1) is 11.7 Å². The first-order chi connectivity index (χ1) is 17.8. The number of aliphatic imine (C=N–C) groups is 2. The predicted octanol–water partition coefficient (Wildman–Crippen LogP) is 1.02. The van der Waals surface area contributed by atoms with Crippen molar-refractivity contribution in [2.24, 2.45) is 15.9 Å². The number of sulfonamides is 1. The van der Waals surface area contributed by atoms with Gasteiger partial charge in [-0.15, -0.1) is 0 Å². The Morgan fingerprint density at radius 1 is 1.19 bits per heavy atom. The van der Waals surface area contributed by atoms with Crippen LogP contribution in [0.4, 0.5) is 14.6 Å². The van der Waals surface area contributed by atoms with Crippen LogP contribution < -0.4 is 20.9 Å². The van der Waals surface area contributed by atoms with Crippen molar-refractivity contribution in [1.82, 2.24) is 25.2 Å². The van der Waals surface area contributed by atoms with Crippen molar-refractivity contribution in [3.05, 3.63) is 41.5 Å². The number of fused-ring (bicyclic) bond motifs is 1. The molecular formula is C24H32F2N8O2S. The number of dihydropyridines is 1. The number of aromatic nitrogens is 1. The lowest BCUT2D eigenvalue weighted by Gasteiger charge is -2.34. The second-order valence-corrected chi connectivity index (χ2v) is 11.7. The van der Waals surface area contributed by atoms with Gasteiger partial charge >= 0.3 is 0 Å². The molecule has 2 unspecified atom stereocenters. The van der Waals surface area contributed by atoms with E-state index in [1.165, 1.54) is 4.31 Å². The zero-order chi connectivity index (χ0) is 26.0. The summed E-state index contributed by atoms with van der Waals surface area (Å²) in [7, 11) is -3.19. The maximum Gasteiger partial charge on any atom is 0.255 e. The summed E-state index contributed by atoms with van der Waals surface area (Å²) in [6, 6.07) is 3.51. The summed E-state index contributed by atoms with van der Waals surface area (Å²) in [5, 5.41) is 9.53. The number of nitrogens with zero attached hydrogens (tertiary/aromatic N) is 5. The van der Waals surface area contributed by atoms with Gasteiger partial charge in [-0.25, -0.2) is 22.2 Å². The van der Waals surface area contributed by atoms with Gasteiger partial charge in [0.1, 0.15) is 23.4 Å². The molecule has 2 saturated heterocycles. The van der Waals surface area contributed by atoms with E-state index in [9.17, 15) is 17.2 Å². The number of alkyl halides is 2. The molecule has 13 heteroatoms. The minimum atomic E-state index is -3.19. The van der Waals surface area contributed by atoms with Gasteiger partial charge in [-0.05, 0) is 25.1 Å². The SMILES string of the molecule is CCS(=O)(=O)N1CCN(c2ccc(C3=CC4N=CC=NC4=C(NCC4CNCCC4(F)F)N3)cn2)CC1. The van der Waals surface area contributed by atoms with E-state index in [-0.39, 0.29) is 31.3 Å². The number of anilines is 1. The van der Waals surface area contributed by atoms with E-state index >= 15 is 0 Å². The van der Waals surface area contributed by atoms with E-state index in [4.69, 9.17) is 0 Å². The van der Waals surface area contributed by atoms with Gasteiger partial charge in [0.25, 0.3) is 5.92 Å². The zero-order valence-corrected chi connectivity index (χ0v) is 21.5. The van der Waals surface area contributed by atoms with E-state index in [1.807, 2.05) is 18.2 Å². The van der Waals surface area contributed by atoms with Crippen LogP contribution >= 0.6 is 0 Å². The van der Waals surface area contributed by atoms with Gasteiger partial charge in [0, 0.05) is 82.1 Å². The number of rotatable bonds is 7. The zero-order valence-electron chi connectivity index (χ0n) is 20.7. The quantitative estimate of drug-likeness (QED) is 0.479. The fourth-order valence-corrected chi connectivity index (χ4v) is 5.95. The minimum Gasteiger partial charge on any atom is -0.369 e. The van der Waals surface area contributed by atoms with Crippen molar-refractivity contribution in [1.29, 1.82) is 0 Å². The Labute approximate surface area is 215 Å². The number of piperidine rings is 1. The van der Waals surface area contributed by atoms with E-state index < -0.39 is 21.9 Å². The first kappa shape index (κ1) is 25.7. The molecule has 4 aliphatic heterocycles. The number of nitrogens with one attached hydrogen (secondary N) is 3. The van der Waals surface area contributed by atoms with E-state index in [1.54, 1.807) is 25.5 Å². The summed E-state index contributed by atoms with van der Waals surface area (Å²) < 4.78 is 54.5. The van der Waals surface area contributed by atoms with Crippen molar-refractivity contribution in [2.75, 3.05) is 56.5 Å². The summed E-state index contributed by atoms with van der Waals surface area (Å²) in [6.45, 7) is 4.34. The maximum atomic E-state index is 14.4. The fraction of sp³-hybridized carbons (Fsp3) is 0.542. The van der Waals surface area contributed by atoms with Crippen LogP contribution in [0, 0.1) is 5.92 Å². The summed E-state index contributed by atoms with van der Waals surface area (Å²) in [4.78, 5) is 15.6. The monoisotopic (exact) mass is 534 g/mol. The fourth-order valence-electron chi connectivity index (χ4n) is 4.87. The molecule has 200 valence electrons. The molecule has 10 nitrogen and oxygen atoms in total. The number of pyridine rings is 1. The Hall–Kier alpha value is -2.90. The lowest BCUT2D eigenvalue weighted by molar-refractivity contribution is -0.0763. The normalized spacial score (nSPS) is 25.9. The van der Waals surface area contributed by atoms with Crippen LogP contribution in [0.3, 0.4) is 0 Å². The highest BCUT2D eigenvalue weighted by atomic mass is 32.2. The van der Waals surface area contributed by atoms with Crippen molar-refractivity contribution in [2.45, 2.75) is 25.3 Å². The number of hydrogen-bond acceptors (Lipinski definition) is 9. The molecule has 2 atom stereocenters. The Bertz CT molecular complexity index is 1220. The molecule has 0 spiro atoms. The Morgan fingerprint density at radius 2 is 2.00 bits per heavy atom. The van der Waals surface area contributed by atoms with Crippen molar-refractivity contribution >= 4 is 34.0 Å². The van der Waals surface area contributed by atoms with Gasteiger partial charge in [0.2, 0.25) is 10.0 Å². The molecule has 0 saturated carbocycles. The lowest BCUT2D eigenvalue weighted by atomic mass is 9.94. The van der Waals surface area contributed by atoms with Gasteiger partial charge in [-0.3, -0.25) is 9.98 Å². The lowest BCUT2D eigenvalue weighted by Crippen LogP contribution is -2.49. The van der Waals surface area contributed by atoms with E-state index in [0.717, 1.165) is 17.1 Å². The number of hydrogen-bond donors (Lipinski definition) is 3. The molecule has 37 heavy (non-hydrogen) atoms. The number of piperazine rings is 1. The second kappa shape index (κ2) is 10.5. The molecule has 4 aliphatic rings. The largest absolute Gasteiger partial charge is 0.369 e. The molecule has 5 rings (SSSR count). The van der Waals surface area contributed by atoms with Crippen LogP contribution in [-0.2, 0) is 10.0 Å². The third kappa shape index (κ3) is 5.53. The topological polar surface area (TPSA) is 114 Å². The van der Waals surface area contributed by atoms with Crippen LogP contribution in [-0.4, -0.2) is 93.7 Å². The van der Waals surface area contributed by atoms with Crippen molar-refractivity contribution in [3.8, 4) is 0 Å². The van der Waals surface area contributed by atoms with Crippen LogP contribution in [0.25, 0.3) is 5.70 Å². The van der Waals surface area contributed by atoms with Crippen molar-refractivity contribution < 1.29 is 17.2 Å². The molecule has 0 radical (unpaired) electrons. The summed E-state index contributed by atoms with van der Waals surface area (Å²) in [5.74, 6) is -2.11. The molecule has 3 N–H and O–H groups in total. The molecule has 5 heterocycles. The molecule has 0 amide bonds. The number of halogens is 2. The molecule has 2 fully saturated rings.